The molecule has 140 valence electrons. The summed E-state index contributed by atoms with van der Waals surface area (Å²) >= 11 is 0. The van der Waals surface area contributed by atoms with Crippen LogP contribution in [0, 0.1) is 0 Å². The first-order valence-corrected chi connectivity index (χ1v) is 9.46. The Morgan fingerprint density at radius 2 is 1.56 bits per heavy atom. The molecule has 0 spiro atoms. The minimum atomic E-state index is 0.147. The Morgan fingerprint density at radius 1 is 0.815 bits per heavy atom. The van der Waals surface area contributed by atoms with Crippen LogP contribution in [0.1, 0.15) is 25.0 Å². The molecule has 27 heavy (non-hydrogen) atoms. The standard InChI is InChI=1S/C24H27NO2/c1-19(2)27-24-14-7-6-13-23(24)25-18-21-11-8-12-22(17-21)26-16-15-20-9-4-3-5-10-20/h3-14,17,19,25H,15-16,18H2,1-2H3. The van der Waals surface area contributed by atoms with Crippen LogP contribution in [0.3, 0.4) is 0 Å². The predicted octanol–water partition coefficient (Wildman–Crippen LogP) is 5.71. The Hall–Kier alpha value is -2.94. The van der Waals surface area contributed by atoms with Crippen molar-refractivity contribution in [1.82, 2.24) is 0 Å². The molecule has 0 heterocycles. The maximum atomic E-state index is 5.93. The monoisotopic (exact) mass is 361 g/mol. The highest BCUT2D eigenvalue weighted by Gasteiger charge is 2.05. The van der Waals surface area contributed by atoms with Crippen molar-refractivity contribution in [3.8, 4) is 11.5 Å². The lowest BCUT2D eigenvalue weighted by molar-refractivity contribution is 0.243. The highest BCUT2D eigenvalue weighted by molar-refractivity contribution is 5.56. The topological polar surface area (TPSA) is 30.5 Å². The number of anilines is 1. The fourth-order valence-electron chi connectivity index (χ4n) is 2.84. The van der Waals surface area contributed by atoms with Gasteiger partial charge in [-0.3, -0.25) is 0 Å². The molecule has 0 bridgehead atoms. The first kappa shape index (κ1) is 18.8. The molecule has 0 aromatic heterocycles. The van der Waals surface area contributed by atoms with Gasteiger partial charge in [0.1, 0.15) is 11.5 Å². The van der Waals surface area contributed by atoms with Crippen molar-refractivity contribution in [2.45, 2.75) is 32.9 Å². The van der Waals surface area contributed by atoms with Crippen LogP contribution in [0.4, 0.5) is 5.69 Å². The zero-order valence-corrected chi connectivity index (χ0v) is 16.0. The molecule has 0 unspecified atom stereocenters. The summed E-state index contributed by atoms with van der Waals surface area (Å²) in [4.78, 5) is 0. The summed E-state index contributed by atoms with van der Waals surface area (Å²) in [5.74, 6) is 1.78. The highest BCUT2D eigenvalue weighted by Crippen LogP contribution is 2.25. The summed E-state index contributed by atoms with van der Waals surface area (Å²) in [5.41, 5.74) is 3.46. The number of rotatable bonds is 9. The fraction of sp³-hybridized carbons (Fsp3) is 0.250. The Labute approximate surface area is 162 Å². The lowest BCUT2D eigenvalue weighted by Gasteiger charge is -2.15. The van der Waals surface area contributed by atoms with Crippen molar-refractivity contribution in [3.05, 3.63) is 90.0 Å². The number of hydrogen-bond acceptors (Lipinski definition) is 3. The van der Waals surface area contributed by atoms with E-state index in [9.17, 15) is 0 Å². The van der Waals surface area contributed by atoms with Gasteiger partial charge in [0.05, 0.1) is 18.4 Å². The Balaban J connectivity index is 1.55. The van der Waals surface area contributed by atoms with Gasteiger partial charge in [0.15, 0.2) is 0 Å². The van der Waals surface area contributed by atoms with E-state index in [2.05, 4.69) is 41.7 Å². The molecule has 3 heteroatoms. The zero-order chi connectivity index (χ0) is 18.9. The Morgan fingerprint density at radius 3 is 2.37 bits per heavy atom. The largest absolute Gasteiger partial charge is 0.493 e. The maximum Gasteiger partial charge on any atom is 0.142 e. The minimum Gasteiger partial charge on any atom is -0.493 e. The molecule has 1 N–H and O–H groups in total. The first-order valence-electron chi connectivity index (χ1n) is 9.46. The molecule has 3 aromatic carbocycles. The van der Waals surface area contributed by atoms with Gasteiger partial charge >= 0.3 is 0 Å². The molecule has 0 aliphatic carbocycles. The molecular weight excluding hydrogens is 334 g/mol. The number of nitrogens with one attached hydrogen (secondary N) is 1. The van der Waals surface area contributed by atoms with Gasteiger partial charge in [0.25, 0.3) is 0 Å². The number of benzene rings is 3. The second kappa shape index (κ2) is 9.67. The molecule has 0 radical (unpaired) electrons. The van der Waals surface area contributed by atoms with E-state index in [1.807, 2.05) is 56.3 Å². The molecule has 0 fully saturated rings. The van der Waals surface area contributed by atoms with E-state index in [1.165, 1.54) is 11.1 Å². The van der Waals surface area contributed by atoms with E-state index >= 15 is 0 Å². The molecular formula is C24H27NO2. The van der Waals surface area contributed by atoms with Crippen LogP contribution in [0.25, 0.3) is 0 Å². The molecule has 0 aliphatic rings. The van der Waals surface area contributed by atoms with E-state index in [1.54, 1.807) is 0 Å². The van der Waals surface area contributed by atoms with Gasteiger partial charge in [0.2, 0.25) is 0 Å². The Bertz CT molecular complexity index is 831. The van der Waals surface area contributed by atoms with Crippen molar-refractivity contribution in [2.75, 3.05) is 11.9 Å². The maximum absolute atomic E-state index is 5.93. The van der Waals surface area contributed by atoms with Gasteiger partial charge in [-0.25, -0.2) is 0 Å². The van der Waals surface area contributed by atoms with Crippen LogP contribution in [0.15, 0.2) is 78.9 Å². The van der Waals surface area contributed by atoms with Crippen LogP contribution >= 0.6 is 0 Å². The molecule has 0 amide bonds. The summed E-state index contributed by atoms with van der Waals surface area (Å²) < 4.78 is 11.8. The van der Waals surface area contributed by atoms with Gasteiger partial charge in [0, 0.05) is 13.0 Å². The lowest BCUT2D eigenvalue weighted by atomic mass is 10.2. The second-order valence-electron chi connectivity index (χ2n) is 6.75. The van der Waals surface area contributed by atoms with Crippen molar-refractivity contribution in [1.29, 1.82) is 0 Å². The highest BCUT2D eigenvalue weighted by atomic mass is 16.5. The van der Waals surface area contributed by atoms with Gasteiger partial charge in [-0.2, -0.15) is 0 Å². The van der Waals surface area contributed by atoms with Gasteiger partial charge < -0.3 is 14.8 Å². The van der Waals surface area contributed by atoms with Crippen molar-refractivity contribution in [3.63, 3.8) is 0 Å². The third kappa shape index (κ3) is 6.07. The molecule has 0 atom stereocenters. The van der Waals surface area contributed by atoms with Gasteiger partial charge in [-0.1, -0.05) is 54.6 Å². The van der Waals surface area contributed by atoms with Gasteiger partial charge in [-0.05, 0) is 49.2 Å². The summed E-state index contributed by atoms with van der Waals surface area (Å²) in [5, 5.41) is 3.46. The smallest absolute Gasteiger partial charge is 0.142 e. The average Bonchev–Trinajstić information content (AvgIpc) is 2.68. The third-order valence-electron chi connectivity index (χ3n) is 4.13. The zero-order valence-electron chi connectivity index (χ0n) is 16.0. The predicted molar refractivity (Wildman–Crippen MR) is 112 cm³/mol. The van der Waals surface area contributed by atoms with Crippen LogP contribution in [0.2, 0.25) is 0 Å². The normalized spacial score (nSPS) is 10.6. The summed E-state index contributed by atoms with van der Waals surface area (Å²) in [7, 11) is 0. The molecule has 0 saturated carbocycles. The van der Waals surface area contributed by atoms with E-state index < -0.39 is 0 Å². The van der Waals surface area contributed by atoms with E-state index in [4.69, 9.17) is 9.47 Å². The SMILES string of the molecule is CC(C)Oc1ccccc1NCc1cccc(OCCc2ccccc2)c1. The van der Waals surface area contributed by atoms with Crippen LogP contribution in [-0.2, 0) is 13.0 Å². The molecule has 3 nitrogen and oxygen atoms in total. The second-order valence-corrected chi connectivity index (χ2v) is 6.75. The molecule has 3 aromatic rings. The number of hydrogen-bond donors (Lipinski definition) is 1. The van der Waals surface area contributed by atoms with Crippen molar-refractivity contribution >= 4 is 5.69 Å². The quantitative estimate of drug-likeness (QED) is 0.530. The fourth-order valence-corrected chi connectivity index (χ4v) is 2.84. The third-order valence-corrected chi connectivity index (χ3v) is 4.13. The van der Waals surface area contributed by atoms with Crippen LogP contribution < -0.4 is 14.8 Å². The Kier molecular flexibility index (Phi) is 6.75. The number of para-hydroxylation sites is 2. The van der Waals surface area contributed by atoms with Crippen molar-refractivity contribution in [2.24, 2.45) is 0 Å². The minimum absolute atomic E-state index is 0.147. The van der Waals surface area contributed by atoms with Crippen LogP contribution in [-0.4, -0.2) is 12.7 Å². The van der Waals surface area contributed by atoms with E-state index in [-0.39, 0.29) is 6.10 Å². The molecule has 0 aliphatic heterocycles. The van der Waals surface area contributed by atoms with Crippen LogP contribution in [0.5, 0.6) is 11.5 Å². The van der Waals surface area contributed by atoms with E-state index in [0.29, 0.717) is 13.2 Å². The van der Waals surface area contributed by atoms with Crippen molar-refractivity contribution < 1.29 is 9.47 Å². The summed E-state index contributed by atoms with van der Waals surface area (Å²) in [6, 6.07) is 26.7. The summed E-state index contributed by atoms with van der Waals surface area (Å²) in [6.07, 6.45) is 1.05. The first-order chi connectivity index (χ1) is 13.2. The lowest BCUT2D eigenvalue weighted by Crippen LogP contribution is -2.08. The summed E-state index contributed by atoms with van der Waals surface area (Å²) in [6.45, 7) is 5.46. The number of ether oxygens (including phenoxy) is 2. The molecule has 3 rings (SSSR count). The molecule has 0 saturated heterocycles. The van der Waals surface area contributed by atoms with E-state index in [0.717, 1.165) is 23.6 Å². The van der Waals surface area contributed by atoms with Gasteiger partial charge in [-0.15, -0.1) is 0 Å². The average molecular weight is 361 g/mol.